The fourth-order valence-electron chi connectivity index (χ4n) is 4.34. The summed E-state index contributed by atoms with van der Waals surface area (Å²) in [5.41, 5.74) is 2.75. The zero-order valence-corrected chi connectivity index (χ0v) is 17.8. The molecule has 3 aromatic rings. The van der Waals surface area contributed by atoms with Gasteiger partial charge < -0.3 is 15.2 Å². The predicted molar refractivity (Wildman–Crippen MR) is 119 cm³/mol. The molecule has 1 unspecified atom stereocenters. The van der Waals surface area contributed by atoms with E-state index < -0.39 is 11.7 Å². The van der Waals surface area contributed by atoms with E-state index in [4.69, 9.17) is 11.6 Å². The summed E-state index contributed by atoms with van der Waals surface area (Å²) in [4.78, 5) is 31.5. The molecule has 0 spiro atoms. The molecule has 2 N–H and O–H groups in total. The highest BCUT2D eigenvalue weighted by molar-refractivity contribution is 6.31. The van der Waals surface area contributed by atoms with Gasteiger partial charge in [-0.2, -0.15) is 0 Å². The average molecular weight is 457 g/mol. The maximum absolute atomic E-state index is 14.4. The minimum absolute atomic E-state index is 0.0815. The van der Waals surface area contributed by atoms with Crippen molar-refractivity contribution in [3.05, 3.63) is 86.3 Å². The number of amides is 1. The third-order valence-electron chi connectivity index (χ3n) is 5.93. The Morgan fingerprint density at radius 2 is 1.78 bits per heavy atom. The van der Waals surface area contributed by atoms with Gasteiger partial charge in [0.15, 0.2) is 0 Å². The highest BCUT2D eigenvalue weighted by Crippen LogP contribution is 2.41. The van der Waals surface area contributed by atoms with Crippen LogP contribution in [-0.4, -0.2) is 24.1 Å². The topological polar surface area (TPSA) is 68.4 Å². The largest absolute Gasteiger partial charge is 0.324 e. The predicted octanol–water partition coefficient (Wildman–Crippen LogP) is 4.27. The second-order valence-corrected chi connectivity index (χ2v) is 8.31. The molecule has 1 amide bonds. The number of nitrogens with zero attached hydrogens (tertiary/aromatic N) is 2. The van der Waals surface area contributed by atoms with Gasteiger partial charge in [-0.25, -0.2) is 8.78 Å². The smallest absolute Gasteiger partial charge is 0.262 e. The second-order valence-electron chi connectivity index (χ2n) is 7.90. The van der Waals surface area contributed by atoms with Gasteiger partial charge in [0.2, 0.25) is 5.56 Å². The number of hydrogen-bond donors (Lipinski definition) is 2. The summed E-state index contributed by atoms with van der Waals surface area (Å²) >= 11 is 6.07. The molecule has 32 heavy (non-hydrogen) atoms. The first-order valence-corrected chi connectivity index (χ1v) is 10.5. The molecule has 2 aromatic carbocycles. The van der Waals surface area contributed by atoms with Crippen LogP contribution >= 0.6 is 11.6 Å². The summed E-state index contributed by atoms with van der Waals surface area (Å²) in [5, 5.41) is 3.24. The van der Waals surface area contributed by atoms with Gasteiger partial charge >= 0.3 is 0 Å². The third kappa shape index (κ3) is 3.36. The molecular weight excluding hydrogens is 438 g/mol. The van der Waals surface area contributed by atoms with Gasteiger partial charge in [-0.05, 0) is 48.9 Å². The van der Waals surface area contributed by atoms with Crippen LogP contribution in [0.15, 0.2) is 47.3 Å². The lowest BCUT2D eigenvalue weighted by atomic mass is 10.0. The van der Waals surface area contributed by atoms with Crippen LogP contribution in [0.3, 0.4) is 0 Å². The number of carbonyl (C=O) groups excluding carboxylic acids is 1. The van der Waals surface area contributed by atoms with Gasteiger partial charge in [0.1, 0.15) is 18.3 Å². The van der Waals surface area contributed by atoms with Crippen LogP contribution in [0.1, 0.15) is 34.6 Å². The molecule has 5 rings (SSSR count). The molecule has 3 heterocycles. The number of fused-ring (bicyclic) bond motifs is 8. The standard InChI is InChI=1S/C23H19ClF2N4O2/c1-12-14-8-13(25)2-3-19(14)29-11-30(20-4-5-22(31)28-18(20)6-7-27-12)23(32)15-9-17(26)16(24)10-21(15)29/h2-5,8-10,12,27H,6-7,11H2,1H3,(H,28,31). The second kappa shape index (κ2) is 7.72. The van der Waals surface area contributed by atoms with E-state index >= 15 is 0 Å². The third-order valence-corrected chi connectivity index (χ3v) is 6.22. The van der Waals surface area contributed by atoms with Crippen molar-refractivity contribution < 1.29 is 13.6 Å². The molecule has 0 saturated carbocycles. The molecule has 0 saturated heterocycles. The fraction of sp³-hybridized carbons (Fsp3) is 0.217. The Labute approximate surface area is 187 Å². The van der Waals surface area contributed by atoms with Crippen molar-refractivity contribution in [1.29, 1.82) is 0 Å². The van der Waals surface area contributed by atoms with Gasteiger partial charge in [-0.1, -0.05) is 11.6 Å². The Kier molecular flexibility index (Phi) is 4.98. The number of nitrogens with one attached hydrogen (secondary N) is 2. The van der Waals surface area contributed by atoms with E-state index in [1.807, 2.05) is 11.8 Å². The number of rotatable bonds is 0. The Hall–Kier alpha value is -3.23. The first-order chi connectivity index (χ1) is 15.3. The number of benzene rings is 2. The molecular formula is C23H19ClF2N4O2. The summed E-state index contributed by atoms with van der Waals surface area (Å²) in [7, 11) is 0. The minimum Gasteiger partial charge on any atom is -0.324 e. The number of aromatic nitrogens is 1. The summed E-state index contributed by atoms with van der Waals surface area (Å²) < 4.78 is 28.6. The Morgan fingerprint density at radius 3 is 2.59 bits per heavy atom. The van der Waals surface area contributed by atoms with Gasteiger partial charge in [-0.3, -0.25) is 14.5 Å². The fourth-order valence-corrected chi connectivity index (χ4v) is 4.50. The minimum atomic E-state index is -0.707. The van der Waals surface area contributed by atoms with Crippen molar-refractivity contribution in [2.24, 2.45) is 0 Å². The highest BCUT2D eigenvalue weighted by Gasteiger charge is 2.35. The number of hydrogen-bond acceptors (Lipinski definition) is 4. The molecule has 1 atom stereocenters. The number of anilines is 3. The Bertz CT molecular complexity index is 1310. The van der Waals surface area contributed by atoms with E-state index in [1.165, 1.54) is 29.2 Å². The molecule has 0 fully saturated rings. The normalized spacial score (nSPS) is 17.9. The average Bonchev–Trinajstić information content (AvgIpc) is 2.77. The first-order valence-electron chi connectivity index (χ1n) is 10.2. The van der Waals surface area contributed by atoms with Crippen LogP contribution in [0.5, 0.6) is 0 Å². The molecule has 0 radical (unpaired) electrons. The van der Waals surface area contributed by atoms with E-state index in [0.717, 1.165) is 6.07 Å². The van der Waals surface area contributed by atoms with E-state index in [-0.39, 0.29) is 34.7 Å². The lowest BCUT2D eigenvalue weighted by Crippen LogP contribution is -2.46. The van der Waals surface area contributed by atoms with Crippen LogP contribution in [0.4, 0.5) is 25.8 Å². The lowest BCUT2D eigenvalue weighted by Gasteiger charge is -2.39. The summed E-state index contributed by atoms with van der Waals surface area (Å²) in [6, 6.07) is 9.69. The van der Waals surface area contributed by atoms with Crippen LogP contribution in [0.2, 0.25) is 5.02 Å². The molecule has 0 aliphatic carbocycles. The summed E-state index contributed by atoms with van der Waals surface area (Å²) in [6.07, 6.45) is 0.437. The van der Waals surface area contributed by atoms with Gasteiger partial charge in [-0.15, -0.1) is 0 Å². The van der Waals surface area contributed by atoms with Crippen molar-refractivity contribution in [2.45, 2.75) is 19.4 Å². The van der Waals surface area contributed by atoms with Crippen molar-refractivity contribution in [3.8, 4) is 0 Å². The summed E-state index contributed by atoms with van der Waals surface area (Å²) in [5.74, 6) is -1.51. The Balaban J connectivity index is 1.80. The van der Waals surface area contributed by atoms with E-state index in [0.29, 0.717) is 41.3 Å². The number of carbonyl (C=O) groups is 1. The van der Waals surface area contributed by atoms with Crippen LogP contribution in [-0.2, 0) is 6.42 Å². The van der Waals surface area contributed by atoms with Crippen LogP contribution in [0, 0.1) is 11.6 Å². The summed E-state index contributed by atoms with van der Waals surface area (Å²) in [6.45, 7) is 2.48. The van der Waals surface area contributed by atoms with Crippen LogP contribution < -0.4 is 20.7 Å². The molecule has 2 aliphatic heterocycles. The van der Waals surface area contributed by atoms with Crippen molar-refractivity contribution in [2.75, 3.05) is 23.0 Å². The lowest BCUT2D eigenvalue weighted by molar-refractivity contribution is 0.0983. The van der Waals surface area contributed by atoms with Gasteiger partial charge in [0.25, 0.3) is 5.91 Å². The molecule has 9 heteroatoms. The molecule has 2 aliphatic rings. The van der Waals surface area contributed by atoms with E-state index in [2.05, 4.69) is 10.3 Å². The van der Waals surface area contributed by atoms with E-state index in [9.17, 15) is 18.4 Å². The highest BCUT2D eigenvalue weighted by atomic mass is 35.5. The number of H-pyrrole nitrogens is 1. The molecule has 2 bridgehead atoms. The quantitative estimate of drug-likeness (QED) is 0.530. The number of halogens is 3. The van der Waals surface area contributed by atoms with Crippen molar-refractivity contribution >= 4 is 34.6 Å². The monoisotopic (exact) mass is 456 g/mol. The maximum Gasteiger partial charge on any atom is 0.262 e. The molecule has 1 aromatic heterocycles. The number of aromatic amines is 1. The first kappa shape index (κ1) is 20.7. The maximum atomic E-state index is 14.4. The van der Waals surface area contributed by atoms with E-state index in [1.54, 1.807) is 12.1 Å². The van der Waals surface area contributed by atoms with Crippen molar-refractivity contribution in [1.82, 2.24) is 10.3 Å². The SMILES string of the molecule is CC1NCCc2[nH]c(=O)ccc2N2CN(c3cc(Cl)c(F)cc3C2=O)c2ccc(F)cc21. The van der Waals surface area contributed by atoms with Gasteiger partial charge in [0, 0.05) is 36.5 Å². The molecule has 6 nitrogen and oxygen atoms in total. The van der Waals surface area contributed by atoms with Crippen LogP contribution in [0.25, 0.3) is 0 Å². The van der Waals surface area contributed by atoms with Gasteiger partial charge in [0.05, 0.1) is 22.0 Å². The Morgan fingerprint density at radius 1 is 1.00 bits per heavy atom. The molecule has 164 valence electrons. The zero-order chi connectivity index (χ0) is 22.6. The van der Waals surface area contributed by atoms with Crippen molar-refractivity contribution in [3.63, 3.8) is 0 Å². The zero-order valence-electron chi connectivity index (χ0n) is 17.1. The number of pyridine rings is 1.